The van der Waals surface area contributed by atoms with Crippen molar-refractivity contribution >= 4 is 5.91 Å². The van der Waals surface area contributed by atoms with Crippen molar-refractivity contribution in [2.45, 2.75) is 13.0 Å². The number of aromatic nitrogens is 1. The highest BCUT2D eigenvalue weighted by molar-refractivity contribution is 5.92. The predicted octanol–water partition coefficient (Wildman–Crippen LogP) is 1.98. The number of rotatable bonds is 3. The highest BCUT2D eigenvalue weighted by atomic mass is 16.5. The maximum Gasteiger partial charge on any atom is 0.270 e. The zero-order valence-electron chi connectivity index (χ0n) is 14.7. The molecule has 6 nitrogen and oxygen atoms in total. The number of aryl methyl sites for hydroxylation is 1. The third kappa shape index (κ3) is 3.37. The normalized spacial score (nSPS) is 24.8. The van der Waals surface area contributed by atoms with Crippen LogP contribution >= 0.6 is 0 Å². The fraction of sp³-hybridized carbons (Fsp3) is 0.526. The highest BCUT2D eigenvalue weighted by Gasteiger charge is 2.42. The third-order valence-electron chi connectivity index (χ3n) is 5.37. The molecule has 2 aromatic heterocycles. The Bertz CT molecular complexity index is 724. The molecule has 134 valence electrons. The number of hydrogen-bond donors (Lipinski definition) is 0. The van der Waals surface area contributed by atoms with Crippen LogP contribution in [0.1, 0.15) is 22.7 Å². The van der Waals surface area contributed by atoms with Gasteiger partial charge in [-0.1, -0.05) is 0 Å². The number of carbonyl (C=O) groups is 1. The van der Waals surface area contributed by atoms with Crippen LogP contribution in [0.4, 0.5) is 0 Å². The van der Waals surface area contributed by atoms with Gasteiger partial charge in [-0.2, -0.15) is 0 Å². The van der Waals surface area contributed by atoms with E-state index in [2.05, 4.69) is 4.90 Å². The fourth-order valence-corrected chi connectivity index (χ4v) is 4.04. The molecule has 0 aliphatic carbocycles. The lowest BCUT2D eigenvalue weighted by atomic mass is 9.87. The van der Waals surface area contributed by atoms with E-state index in [0.717, 1.165) is 50.7 Å². The molecule has 6 heteroatoms. The van der Waals surface area contributed by atoms with Gasteiger partial charge in [-0.05, 0) is 37.2 Å². The molecule has 1 spiro atoms. The summed E-state index contributed by atoms with van der Waals surface area (Å²) < 4.78 is 13.3. The van der Waals surface area contributed by atoms with E-state index in [-0.39, 0.29) is 11.3 Å². The van der Waals surface area contributed by atoms with Gasteiger partial charge in [-0.25, -0.2) is 0 Å². The summed E-state index contributed by atoms with van der Waals surface area (Å²) in [5.41, 5.74) is 0.756. The van der Waals surface area contributed by atoms with Gasteiger partial charge in [0.2, 0.25) is 0 Å². The summed E-state index contributed by atoms with van der Waals surface area (Å²) >= 11 is 0. The van der Waals surface area contributed by atoms with Gasteiger partial charge in [-0.15, -0.1) is 0 Å². The number of carbonyl (C=O) groups excluding carboxylic acids is 1. The molecule has 1 amide bonds. The Kier molecular flexibility index (Phi) is 4.39. The molecule has 2 fully saturated rings. The van der Waals surface area contributed by atoms with E-state index in [9.17, 15) is 4.79 Å². The second-order valence-corrected chi connectivity index (χ2v) is 7.32. The standard InChI is InChI=1S/C19H25N3O3/c1-20-7-2-5-17(20)18(23)22-9-11-24-15-19(14-22)6-8-21(13-19)12-16-4-3-10-25-16/h2-5,7,10H,6,8-9,11-15H2,1H3. The largest absolute Gasteiger partial charge is 0.468 e. The molecule has 1 unspecified atom stereocenters. The number of amides is 1. The summed E-state index contributed by atoms with van der Waals surface area (Å²) in [7, 11) is 1.91. The van der Waals surface area contributed by atoms with E-state index in [1.807, 2.05) is 47.0 Å². The van der Waals surface area contributed by atoms with E-state index < -0.39 is 0 Å². The Hall–Kier alpha value is -2.05. The van der Waals surface area contributed by atoms with Crippen molar-refractivity contribution in [1.82, 2.24) is 14.4 Å². The van der Waals surface area contributed by atoms with Crippen LogP contribution in [0.25, 0.3) is 0 Å². The second-order valence-electron chi connectivity index (χ2n) is 7.32. The molecule has 2 aliphatic heterocycles. The SMILES string of the molecule is Cn1cccc1C(=O)N1CCOCC2(CCN(Cc3ccco3)C2)C1. The summed E-state index contributed by atoms with van der Waals surface area (Å²) in [6, 6.07) is 7.74. The lowest BCUT2D eigenvalue weighted by Crippen LogP contribution is -2.43. The minimum atomic E-state index is 0.0178. The van der Waals surface area contributed by atoms with Gasteiger partial charge in [0.05, 0.1) is 26.0 Å². The smallest absolute Gasteiger partial charge is 0.270 e. The van der Waals surface area contributed by atoms with E-state index in [1.165, 1.54) is 0 Å². The van der Waals surface area contributed by atoms with Gasteiger partial charge in [0.15, 0.2) is 0 Å². The number of nitrogens with zero attached hydrogens (tertiary/aromatic N) is 3. The Morgan fingerprint density at radius 3 is 2.92 bits per heavy atom. The first-order valence-electron chi connectivity index (χ1n) is 8.88. The van der Waals surface area contributed by atoms with Crippen LogP contribution < -0.4 is 0 Å². The van der Waals surface area contributed by atoms with E-state index in [4.69, 9.17) is 9.15 Å². The lowest BCUT2D eigenvalue weighted by molar-refractivity contribution is 0.0635. The minimum Gasteiger partial charge on any atom is -0.468 e. The number of furan rings is 1. The summed E-state index contributed by atoms with van der Waals surface area (Å²) in [4.78, 5) is 17.3. The van der Waals surface area contributed by atoms with E-state index in [0.29, 0.717) is 13.2 Å². The first kappa shape index (κ1) is 16.4. The molecule has 2 aliphatic rings. The van der Waals surface area contributed by atoms with Gasteiger partial charge < -0.3 is 18.6 Å². The highest BCUT2D eigenvalue weighted by Crippen LogP contribution is 2.34. The average Bonchev–Trinajstić information content (AvgIpc) is 3.30. The third-order valence-corrected chi connectivity index (χ3v) is 5.37. The molecular formula is C19H25N3O3. The van der Waals surface area contributed by atoms with Crippen LogP contribution in [-0.2, 0) is 18.3 Å². The minimum absolute atomic E-state index is 0.0178. The zero-order valence-corrected chi connectivity index (χ0v) is 14.7. The van der Waals surface area contributed by atoms with Gasteiger partial charge in [0, 0.05) is 38.3 Å². The second kappa shape index (κ2) is 6.69. The molecule has 2 saturated heterocycles. The van der Waals surface area contributed by atoms with Gasteiger partial charge in [0.25, 0.3) is 5.91 Å². The van der Waals surface area contributed by atoms with Gasteiger partial charge in [-0.3, -0.25) is 9.69 Å². The van der Waals surface area contributed by atoms with E-state index >= 15 is 0 Å². The lowest BCUT2D eigenvalue weighted by Gasteiger charge is -2.32. The maximum absolute atomic E-state index is 12.9. The van der Waals surface area contributed by atoms with Crippen molar-refractivity contribution < 1.29 is 13.9 Å². The van der Waals surface area contributed by atoms with Crippen molar-refractivity contribution in [2.24, 2.45) is 12.5 Å². The summed E-state index contributed by atoms with van der Waals surface area (Å²) in [6.07, 6.45) is 4.68. The van der Waals surface area contributed by atoms with Crippen LogP contribution in [-0.4, -0.2) is 59.7 Å². The quantitative estimate of drug-likeness (QED) is 0.855. The van der Waals surface area contributed by atoms with E-state index in [1.54, 1.807) is 6.26 Å². The van der Waals surface area contributed by atoms with Crippen LogP contribution in [0.5, 0.6) is 0 Å². The number of hydrogen-bond acceptors (Lipinski definition) is 4. The molecule has 4 rings (SSSR count). The summed E-state index contributed by atoms with van der Waals surface area (Å²) in [5.74, 6) is 1.09. The van der Waals surface area contributed by atoms with Crippen molar-refractivity contribution in [3.63, 3.8) is 0 Å². The fourth-order valence-electron chi connectivity index (χ4n) is 4.04. The van der Waals surface area contributed by atoms with Crippen molar-refractivity contribution in [3.8, 4) is 0 Å². The zero-order chi connectivity index (χ0) is 17.3. The van der Waals surface area contributed by atoms with Gasteiger partial charge >= 0.3 is 0 Å². The molecule has 0 saturated carbocycles. The molecule has 0 N–H and O–H groups in total. The number of likely N-dealkylation sites (tertiary alicyclic amines) is 1. The van der Waals surface area contributed by atoms with Crippen molar-refractivity contribution in [1.29, 1.82) is 0 Å². The summed E-state index contributed by atoms with van der Waals surface area (Å²) in [5, 5.41) is 0. The predicted molar refractivity (Wildman–Crippen MR) is 93.2 cm³/mol. The summed E-state index contributed by atoms with van der Waals surface area (Å²) in [6.45, 7) is 5.51. The Morgan fingerprint density at radius 1 is 1.24 bits per heavy atom. The topological polar surface area (TPSA) is 50.9 Å². The molecule has 25 heavy (non-hydrogen) atoms. The molecular weight excluding hydrogens is 318 g/mol. The average molecular weight is 343 g/mol. The van der Waals surface area contributed by atoms with Crippen molar-refractivity contribution in [2.75, 3.05) is 39.4 Å². The van der Waals surface area contributed by atoms with Crippen molar-refractivity contribution in [3.05, 3.63) is 48.2 Å². The molecule has 4 heterocycles. The Labute approximate surface area is 147 Å². The first-order chi connectivity index (χ1) is 12.2. The molecule has 0 aromatic carbocycles. The molecule has 0 radical (unpaired) electrons. The maximum atomic E-state index is 12.9. The van der Waals surface area contributed by atoms with Crippen LogP contribution in [0.2, 0.25) is 0 Å². The van der Waals surface area contributed by atoms with Gasteiger partial charge in [0.1, 0.15) is 11.5 Å². The Balaban J connectivity index is 1.46. The molecule has 1 atom stereocenters. The van der Waals surface area contributed by atoms with Crippen LogP contribution in [0.15, 0.2) is 41.1 Å². The molecule has 0 bridgehead atoms. The monoisotopic (exact) mass is 343 g/mol. The van der Waals surface area contributed by atoms with Crippen LogP contribution in [0, 0.1) is 5.41 Å². The first-order valence-corrected chi connectivity index (χ1v) is 8.88. The van der Waals surface area contributed by atoms with Crippen LogP contribution in [0.3, 0.4) is 0 Å². The molecule has 2 aromatic rings. The Morgan fingerprint density at radius 2 is 2.16 bits per heavy atom. The number of ether oxygens (including phenoxy) is 1.